The van der Waals surface area contributed by atoms with Crippen molar-refractivity contribution < 1.29 is 9.90 Å². The number of carboxylic acids is 1. The van der Waals surface area contributed by atoms with Crippen LogP contribution >= 0.6 is 22.9 Å². The fraction of sp³-hybridized carbons (Fsp3) is 0.382. The second kappa shape index (κ2) is 17.8. The molecule has 0 amide bonds. The van der Waals surface area contributed by atoms with Crippen LogP contribution in [0.1, 0.15) is 97.2 Å². The van der Waals surface area contributed by atoms with Crippen LogP contribution < -0.4 is 9.80 Å². The number of halogens is 1. The van der Waals surface area contributed by atoms with E-state index in [1.54, 1.807) is 6.07 Å². The van der Waals surface area contributed by atoms with Crippen LogP contribution in [0.25, 0.3) is 16.1 Å². The van der Waals surface area contributed by atoms with E-state index in [4.69, 9.17) is 16.6 Å². The number of nitrogens with zero attached hydrogens (tertiary/aromatic N) is 8. The minimum atomic E-state index is -0.885. The van der Waals surface area contributed by atoms with Gasteiger partial charge in [0.1, 0.15) is 16.9 Å². The van der Waals surface area contributed by atoms with Gasteiger partial charge < -0.3 is 24.7 Å². The zero-order chi connectivity index (χ0) is 46.1. The first-order chi connectivity index (χ1) is 32.4. The lowest BCUT2D eigenvalue weighted by atomic mass is 9.87. The van der Waals surface area contributed by atoms with E-state index in [-0.39, 0.29) is 6.04 Å². The van der Waals surface area contributed by atoms with Crippen molar-refractivity contribution in [2.24, 2.45) is 16.8 Å². The smallest absolute Gasteiger partial charge is 0.335 e. The van der Waals surface area contributed by atoms with Gasteiger partial charge in [-0.25, -0.2) is 4.79 Å². The van der Waals surface area contributed by atoms with Crippen molar-refractivity contribution in [3.63, 3.8) is 0 Å². The first kappa shape index (κ1) is 43.9. The molecule has 0 bridgehead atoms. The number of fused-ring (bicyclic) bond motifs is 4. The van der Waals surface area contributed by atoms with Crippen molar-refractivity contribution >= 4 is 57.1 Å². The van der Waals surface area contributed by atoms with Gasteiger partial charge in [0, 0.05) is 110 Å². The summed E-state index contributed by atoms with van der Waals surface area (Å²) in [6, 6.07) is 29.7. The van der Waals surface area contributed by atoms with Crippen molar-refractivity contribution in [2.75, 3.05) is 75.2 Å². The lowest BCUT2D eigenvalue weighted by Gasteiger charge is -2.47. The second-order valence-electron chi connectivity index (χ2n) is 19.6. The van der Waals surface area contributed by atoms with Gasteiger partial charge in [-0.2, -0.15) is 0 Å². The molecule has 2 aromatic heterocycles. The van der Waals surface area contributed by atoms with E-state index in [1.165, 1.54) is 67.7 Å². The van der Waals surface area contributed by atoms with Crippen LogP contribution in [0, 0.1) is 39.5 Å². The number of allylic oxidation sites excluding steroid dienone is 1. The molecule has 11 rings (SSSR count). The van der Waals surface area contributed by atoms with E-state index in [0.717, 1.165) is 116 Å². The van der Waals surface area contributed by atoms with Gasteiger partial charge in [0.2, 0.25) is 0 Å². The maximum atomic E-state index is 11.9. The fourth-order valence-corrected chi connectivity index (χ4v) is 12.7. The monoisotopic (exact) mass is 930 g/mol. The van der Waals surface area contributed by atoms with Crippen molar-refractivity contribution in [3.05, 3.63) is 157 Å². The van der Waals surface area contributed by atoms with Crippen LogP contribution in [-0.4, -0.2) is 107 Å². The molecule has 12 heteroatoms. The Bertz CT molecular complexity index is 2930. The summed E-state index contributed by atoms with van der Waals surface area (Å²) in [7, 11) is 0. The summed E-state index contributed by atoms with van der Waals surface area (Å²) in [6.45, 7) is 22.2. The summed E-state index contributed by atoms with van der Waals surface area (Å²) in [5.74, 6) is 2.31. The van der Waals surface area contributed by atoms with Gasteiger partial charge in [-0.05, 0) is 147 Å². The number of carbonyl (C=O) groups is 1. The van der Waals surface area contributed by atoms with Gasteiger partial charge in [0.05, 0.1) is 11.3 Å². The molecule has 3 fully saturated rings. The molecule has 4 aromatic carbocycles. The highest BCUT2D eigenvalue weighted by atomic mass is 35.5. The van der Waals surface area contributed by atoms with Crippen LogP contribution in [0.4, 0.5) is 11.4 Å². The van der Waals surface area contributed by atoms with Gasteiger partial charge >= 0.3 is 5.97 Å². The Kier molecular flexibility index (Phi) is 11.7. The number of hydrogen-bond acceptors (Lipinski definition) is 9. The summed E-state index contributed by atoms with van der Waals surface area (Å²) in [5, 5.41) is 20.6. The van der Waals surface area contributed by atoms with E-state index in [1.807, 2.05) is 42.5 Å². The van der Waals surface area contributed by atoms with Crippen molar-refractivity contribution in [2.45, 2.75) is 59.9 Å². The average molecular weight is 932 g/mol. The molecule has 344 valence electrons. The molecule has 1 atom stereocenters. The number of thiophene rings is 1. The summed E-state index contributed by atoms with van der Waals surface area (Å²) in [4.78, 5) is 28.9. The standard InChI is InChI=1S/C55H59ClN8O2S/c1-33-25-43(52-50-34(2)36(4)67-54(50)64-37(5)58-59-53(64)35(3)57-52)14-20-49(33)63-31-39(32-63)28-61-23-21-60(22-24-61)27-38-29-62(30-38)46-17-11-41(12-18-46)51-47(40-9-15-45(56)16-10-40)8-6-7-42-26-44(55(65)66)13-19-48(42)51/h9-20,25-26,35,38-39H,6-8,21-24,27-32H2,1-5H3,(H,65,66)/t35-/m0/s1. The van der Waals surface area contributed by atoms with Crippen molar-refractivity contribution in [3.8, 4) is 5.00 Å². The predicted molar refractivity (Wildman–Crippen MR) is 273 cm³/mol. The number of aryl methyl sites for hydroxylation is 4. The first-order valence-corrected chi connectivity index (χ1v) is 25.3. The maximum Gasteiger partial charge on any atom is 0.335 e. The third kappa shape index (κ3) is 8.32. The van der Waals surface area contributed by atoms with E-state index in [9.17, 15) is 9.90 Å². The van der Waals surface area contributed by atoms with Gasteiger partial charge in [-0.1, -0.05) is 48.0 Å². The highest BCUT2D eigenvalue weighted by Gasteiger charge is 2.34. The minimum absolute atomic E-state index is 0.0834. The van der Waals surface area contributed by atoms with Crippen LogP contribution in [0.15, 0.2) is 89.9 Å². The summed E-state index contributed by atoms with van der Waals surface area (Å²) in [6.07, 6.45) is 2.71. The Morgan fingerprint density at radius 3 is 2.09 bits per heavy atom. The van der Waals surface area contributed by atoms with Crippen LogP contribution in [0.5, 0.6) is 0 Å². The third-order valence-electron chi connectivity index (χ3n) is 15.1. The van der Waals surface area contributed by atoms with E-state index in [0.29, 0.717) is 17.4 Å². The summed E-state index contributed by atoms with van der Waals surface area (Å²) < 4.78 is 2.21. The average Bonchev–Trinajstić information content (AvgIpc) is 3.70. The van der Waals surface area contributed by atoms with Gasteiger partial charge in [0.15, 0.2) is 5.82 Å². The fourth-order valence-electron chi connectivity index (χ4n) is 11.3. The Hall–Kier alpha value is -5.59. The number of hydrogen-bond donors (Lipinski definition) is 1. The number of anilines is 2. The molecule has 6 aromatic rings. The normalized spacial score (nSPS) is 19.3. The zero-order valence-corrected chi connectivity index (χ0v) is 40.8. The molecule has 67 heavy (non-hydrogen) atoms. The quantitative estimate of drug-likeness (QED) is 0.145. The minimum Gasteiger partial charge on any atom is -0.478 e. The molecule has 6 heterocycles. The zero-order valence-electron chi connectivity index (χ0n) is 39.2. The predicted octanol–water partition coefficient (Wildman–Crippen LogP) is 10.3. The molecule has 0 spiro atoms. The van der Waals surface area contributed by atoms with Crippen LogP contribution in [0.3, 0.4) is 0 Å². The van der Waals surface area contributed by atoms with E-state index < -0.39 is 5.97 Å². The second-order valence-corrected chi connectivity index (χ2v) is 21.3. The van der Waals surface area contributed by atoms with Crippen molar-refractivity contribution in [1.29, 1.82) is 0 Å². The number of aromatic nitrogens is 3. The molecule has 3 saturated heterocycles. The number of aromatic carboxylic acids is 1. The highest BCUT2D eigenvalue weighted by molar-refractivity contribution is 7.15. The molecule has 1 N–H and O–H groups in total. The largest absolute Gasteiger partial charge is 0.478 e. The Morgan fingerprint density at radius 2 is 1.42 bits per heavy atom. The van der Waals surface area contributed by atoms with Crippen LogP contribution in [-0.2, 0) is 6.42 Å². The van der Waals surface area contributed by atoms with Gasteiger partial charge in [0.25, 0.3) is 0 Å². The van der Waals surface area contributed by atoms with Gasteiger partial charge in [-0.3, -0.25) is 9.56 Å². The van der Waals surface area contributed by atoms with Crippen molar-refractivity contribution in [1.82, 2.24) is 24.6 Å². The number of aliphatic imine (C=N–C) groups is 1. The summed E-state index contributed by atoms with van der Waals surface area (Å²) >= 11 is 8.12. The molecule has 0 unspecified atom stereocenters. The number of piperazine rings is 1. The number of benzene rings is 4. The Balaban J connectivity index is 0.671. The molecule has 5 aliphatic rings. The molecular weight excluding hydrogens is 872 g/mol. The number of carboxylic acid groups (broad SMARTS) is 1. The lowest BCUT2D eigenvalue weighted by Crippen LogP contribution is -2.57. The van der Waals surface area contributed by atoms with Crippen LogP contribution in [0.2, 0.25) is 5.02 Å². The third-order valence-corrected chi connectivity index (χ3v) is 16.5. The molecule has 10 nitrogen and oxygen atoms in total. The highest BCUT2D eigenvalue weighted by Crippen LogP contribution is 2.42. The lowest BCUT2D eigenvalue weighted by molar-refractivity contribution is 0.0696. The number of rotatable bonds is 10. The SMILES string of the molecule is Cc1cc(C2=N[C@@H](C)c3nnc(C)n3-c3sc(C)c(C)c32)ccc1N1CC(CN2CCN(CC3CN(c4ccc(C5=C(c6ccc(Cl)cc6)CCCc6cc(C(=O)O)ccc65)cc4)C3)CC2)C1. The molecule has 0 saturated carbocycles. The topological polar surface area (TPSA) is 93.3 Å². The maximum absolute atomic E-state index is 11.9. The molecular formula is C55H59ClN8O2S. The Labute approximate surface area is 403 Å². The van der Waals surface area contributed by atoms with Gasteiger partial charge in [-0.15, -0.1) is 21.5 Å². The molecule has 0 radical (unpaired) electrons. The first-order valence-electron chi connectivity index (χ1n) is 24.1. The molecule has 1 aliphatic carbocycles. The molecule has 4 aliphatic heterocycles. The van der Waals surface area contributed by atoms with E-state index >= 15 is 0 Å². The summed E-state index contributed by atoms with van der Waals surface area (Å²) in [5.41, 5.74) is 16.0. The van der Waals surface area contributed by atoms with E-state index in [2.05, 4.69) is 117 Å². The Morgan fingerprint density at radius 1 is 0.761 bits per heavy atom.